The van der Waals surface area contributed by atoms with Crippen molar-refractivity contribution in [2.75, 3.05) is 0 Å². The van der Waals surface area contributed by atoms with Crippen molar-refractivity contribution < 1.29 is 4.79 Å². The molecule has 1 N–H and O–H groups in total. The molecule has 1 amide bonds. The van der Waals surface area contributed by atoms with Gasteiger partial charge in [0.05, 0.1) is 28.4 Å². The van der Waals surface area contributed by atoms with Crippen LogP contribution in [-0.2, 0) is 11.2 Å². The smallest absolute Gasteiger partial charge is 0.268 e. The predicted molar refractivity (Wildman–Crippen MR) is 128 cm³/mol. The van der Waals surface area contributed by atoms with Crippen LogP contribution in [0.1, 0.15) is 37.9 Å². The lowest BCUT2D eigenvalue weighted by atomic mass is 10.1. The van der Waals surface area contributed by atoms with Gasteiger partial charge < -0.3 is 5.32 Å². The van der Waals surface area contributed by atoms with Crippen molar-refractivity contribution in [1.29, 1.82) is 0 Å². The number of carbonyl (C=O) groups is 1. The van der Waals surface area contributed by atoms with Crippen molar-refractivity contribution in [3.8, 4) is 16.9 Å². The summed E-state index contributed by atoms with van der Waals surface area (Å²) < 4.78 is 3.23. The second-order valence-electron chi connectivity index (χ2n) is 8.73. The maximum absolute atomic E-state index is 13.5. The molecule has 0 bridgehead atoms. The molecule has 4 aromatic rings. The first kappa shape index (κ1) is 22.2. The number of amides is 1. The first-order chi connectivity index (χ1) is 15.0. The fourth-order valence-corrected chi connectivity index (χ4v) is 4.76. The lowest BCUT2D eigenvalue weighted by Crippen LogP contribution is -2.41. The highest BCUT2D eigenvalue weighted by molar-refractivity contribution is 7.15. The van der Waals surface area contributed by atoms with Gasteiger partial charge in [0, 0.05) is 22.3 Å². The minimum absolute atomic E-state index is 0.0917. The molecule has 3 heterocycles. The standard InChI is InChI=1S/C23H24ClN5O2S/c1-13-10-17(27-29(13)18-9-7-6-8-16(18)24)20-14(2)25-22-28(21(20)31)15(12-32-22)11-19(30)26-23(3,4)5/h6-10,12H,11H2,1-5H3,(H,26,30). The molecule has 0 aliphatic carbocycles. The molecule has 32 heavy (non-hydrogen) atoms. The van der Waals surface area contributed by atoms with E-state index >= 15 is 0 Å². The molecule has 4 rings (SSSR count). The number of hydrogen-bond acceptors (Lipinski definition) is 5. The number of aryl methyl sites for hydroxylation is 2. The van der Waals surface area contributed by atoms with E-state index in [9.17, 15) is 9.59 Å². The third-order valence-electron chi connectivity index (χ3n) is 4.90. The first-order valence-electron chi connectivity index (χ1n) is 10.2. The minimum atomic E-state index is -0.350. The van der Waals surface area contributed by atoms with Crippen LogP contribution in [0.2, 0.25) is 5.02 Å². The summed E-state index contributed by atoms with van der Waals surface area (Å²) in [6.45, 7) is 9.47. The molecule has 0 atom stereocenters. The monoisotopic (exact) mass is 469 g/mol. The third-order valence-corrected chi connectivity index (χ3v) is 6.10. The summed E-state index contributed by atoms with van der Waals surface area (Å²) in [7, 11) is 0. The minimum Gasteiger partial charge on any atom is -0.351 e. The van der Waals surface area contributed by atoms with Crippen LogP contribution in [0.25, 0.3) is 21.9 Å². The second-order valence-corrected chi connectivity index (χ2v) is 9.98. The molecule has 0 unspecified atom stereocenters. The highest BCUT2D eigenvalue weighted by atomic mass is 35.5. The summed E-state index contributed by atoms with van der Waals surface area (Å²) in [5.41, 5.74) is 3.11. The Balaban J connectivity index is 1.81. The van der Waals surface area contributed by atoms with Crippen molar-refractivity contribution in [1.82, 2.24) is 24.5 Å². The fourth-order valence-electron chi connectivity index (χ4n) is 3.62. The molecular formula is C23H24ClN5O2S. The van der Waals surface area contributed by atoms with Crippen LogP contribution in [0, 0.1) is 13.8 Å². The number of benzene rings is 1. The van der Waals surface area contributed by atoms with Crippen LogP contribution in [-0.4, -0.2) is 30.6 Å². The zero-order valence-electron chi connectivity index (χ0n) is 18.6. The van der Waals surface area contributed by atoms with Gasteiger partial charge >= 0.3 is 0 Å². The van der Waals surface area contributed by atoms with Crippen molar-refractivity contribution in [2.24, 2.45) is 0 Å². The van der Waals surface area contributed by atoms with Crippen LogP contribution in [0.5, 0.6) is 0 Å². The van der Waals surface area contributed by atoms with E-state index in [4.69, 9.17) is 11.6 Å². The van der Waals surface area contributed by atoms with Gasteiger partial charge in [0.2, 0.25) is 5.91 Å². The molecule has 1 aromatic carbocycles. The molecule has 0 spiro atoms. The number of aromatic nitrogens is 4. The Morgan fingerprint density at radius 2 is 1.94 bits per heavy atom. The van der Waals surface area contributed by atoms with E-state index in [0.29, 0.717) is 32.6 Å². The lowest BCUT2D eigenvalue weighted by molar-refractivity contribution is -0.121. The predicted octanol–water partition coefficient (Wildman–Crippen LogP) is 4.34. The van der Waals surface area contributed by atoms with Gasteiger partial charge in [-0.05, 0) is 52.8 Å². The van der Waals surface area contributed by atoms with Crippen molar-refractivity contribution in [2.45, 2.75) is 46.6 Å². The van der Waals surface area contributed by atoms with Crippen LogP contribution in [0.3, 0.4) is 0 Å². The van der Waals surface area contributed by atoms with E-state index in [2.05, 4.69) is 15.4 Å². The first-order valence-corrected chi connectivity index (χ1v) is 11.4. The van der Waals surface area contributed by atoms with E-state index in [0.717, 1.165) is 11.4 Å². The number of para-hydroxylation sites is 1. The van der Waals surface area contributed by atoms with Gasteiger partial charge in [-0.25, -0.2) is 9.67 Å². The average molecular weight is 470 g/mol. The molecule has 7 nitrogen and oxygen atoms in total. The SMILES string of the molecule is Cc1nc2scc(CC(=O)NC(C)(C)C)n2c(=O)c1-c1cc(C)n(-c2ccccc2Cl)n1. The van der Waals surface area contributed by atoms with Crippen molar-refractivity contribution >= 4 is 33.8 Å². The molecule has 0 radical (unpaired) electrons. The maximum atomic E-state index is 13.5. The second kappa shape index (κ2) is 8.18. The summed E-state index contributed by atoms with van der Waals surface area (Å²) in [5, 5.41) is 9.98. The van der Waals surface area contributed by atoms with E-state index < -0.39 is 0 Å². The zero-order valence-corrected chi connectivity index (χ0v) is 20.1. The third kappa shape index (κ3) is 4.20. The maximum Gasteiger partial charge on any atom is 0.268 e. The summed E-state index contributed by atoms with van der Waals surface area (Å²) in [6.07, 6.45) is 0.0917. The quantitative estimate of drug-likeness (QED) is 0.482. The molecule has 166 valence electrons. The van der Waals surface area contributed by atoms with Gasteiger partial charge in [-0.3, -0.25) is 14.0 Å². The van der Waals surface area contributed by atoms with E-state index in [-0.39, 0.29) is 23.4 Å². The Kier molecular flexibility index (Phi) is 5.68. The molecule has 0 aliphatic heterocycles. The number of carbonyl (C=O) groups excluding carboxylic acids is 1. The van der Waals surface area contributed by atoms with Crippen LogP contribution in [0.15, 0.2) is 40.5 Å². The molecule has 0 fully saturated rings. The largest absolute Gasteiger partial charge is 0.351 e. The number of hydrogen-bond donors (Lipinski definition) is 1. The molecule has 9 heteroatoms. The summed E-state index contributed by atoms with van der Waals surface area (Å²) in [4.78, 5) is 31.2. The Morgan fingerprint density at radius 3 is 2.62 bits per heavy atom. The average Bonchev–Trinajstić information content (AvgIpc) is 3.24. The Morgan fingerprint density at radius 1 is 1.22 bits per heavy atom. The van der Waals surface area contributed by atoms with Crippen LogP contribution in [0.4, 0.5) is 0 Å². The van der Waals surface area contributed by atoms with Crippen LogP contribution >= 0.6 is 22.9 Å². The summed E-state index contributed by atoms with van der Waals surface area (Å²) >= 11 is 7.69. The molecule has 0 saturated heterocycles. The van der Waals surface area contributed by atoms with E-state index in [1.165, 1.54) is 15.7 Å². The number of rotatable bonds is 4. The lowest BCUT2D eigenvalue weighted by Gasteiger charge is -2.20. The van der Waals surface area contributed by atoms with Gasteiger partial charge in [-0.1, -0.05) is 23.7 Å². The zero-order chi connectivity index (χ0) is 23.2. The number of thiazole rings is 1. The van der Waals surface area contributed by atoms with Gasteiger partial charge in [0.1, 0.15) is 5.69 Å². The topological polar surface area (TPSA) is 81.3 Å². The Labute approximate surface area is 194 Å². The molecule has 3 aromatic heterocycles. The number of nitrogens with zero attached hydrogens (tertiary/aromatic N) is 4. The van der Waals surface area contributed by atoms with Gasteiger partial charge in [0.15, 0.2) is 4.96 Å². The normalized spacial score (nSPS) is 11.8. The van der Waals surface area contributed by atoms with Crippen molar-refractivity contribution in [3.05, 3.63) is 68.2 Å². The van der Waals surface area contributed by atoms with E-state index in [1.54, 1.807) is 17.7 Å². The molecular weight excluding hydrogens is 446 g/mol. The molecule has 0 aliphatic rings. The van der Waals surface area contributed by atoms with Gasteiger partial charge in [0.25, 0.3) is 5.56 Å². The van der Waals surface area contributed by atoms with E-state index in [1.807, 2.05) is 57.3 Å². The highest BCUT2D eigenvalue weighted by Crippen LogP contribution is 2.26. The van der Waals surface area contributed by atoms with Crippen LogP contribution < -0.4 is 10.9 Å². The summed E-state index contributed by atoms with van der Waals surface area (Å²) in [5.74, 6) is -0.148. The number of halogens is 1. The van der Waals surface area contributed by atoms with Crippen molar-refractivity contribution in [3.63, 3.8) is 0 Å². The summed E-state index contributed by atoms with van der Waals surface area (Å²) in [6, 6.07) is 9.26. The number of nitrogens with one attached hydrogen (secondary N) is 1. The Hall–Kier alpha value is -2.97. The number of fused-ring (bicyclic) bond motifs is 1. The van der Waals surface area contributed by atoms with Gasteiger partial charge in [-0.2, -0.15) is 5.10 Å². The molecule has 0 saturated carbocycles. The van der Waals surface area contributed by atoms with Gasteiger partial charge in [-0.15, -0.1) is 11.3 Å². The Bertz CT molecular complexity index is 1390. The fraction of sp³-hybridized carbons (Fsp3) is 0.304. The highest BCUT2D eigenvalue weighted by Gasteiger charge is 2.21.